The van der Waals surface area contributed by atoms with Crippen molar-refractivity contribution in [1.82, 2.24) is 4.90 Å². The predicted molar refractivity (Wildman–Crippen MR) is 68.8 cm³/mol. The Kier molecular flexibility index (Phi) is 4.80. The summed E-state index contributed by atoms with van der Waals surface area (Å²) in [6.45, 7) is 9.34. The summed E-state index contributed by atoms with van der Waals surface area (Å²) in [5.41, 5.74) is 5.63. The van der Waals surface area contributed by atoms with Gasteiger partial charge in [-0.05, 0) is 46.0 Å². The molecule has 0 unspecified atom stereocenters. The second-order valence-corrected chi connectivity index (χ2v) is 5.88. The fourth-order valence-electron chi connectivity index (χ4n) is 2.17. The lowest BCUT2D eigenvalue weighted by Crippen LogP contribution is -2.45. The van der Waals surface area contributed by atoms with E-state index in [2.05, 4.69) is 6.92 Å². The van der Waals surface area contributed by atoms with E-state index in [-0.39, 0.29) is 12.1 Å². The molecule has 4 heteroatoms. The molecule has 0 radical (unpaired) electrons. The number of nitrogens with zero attached hydrogens (tertiary/aromatic N) is 1. The molecule has 0 saturated carbocycles. The number of nitrogens with two attached hydrogens (primary N) is 1. The lowest BCUT2D eigenvalue weighted by molar-refractivity contribution is 0.0174. The van der Waals surface area contributed by atoms with E-state index in [1.807, 2.05) is 20.8 Å². The Labute approximate surface area is 104 Å². The van der Waals surface area contributed by atoms with E-state index in [0.29, 0.717) is 5.92 Å². The van der Waals surface area contributed by atoms with Crippen LogP contribution in [0.4, 0.5) is 4.79 Å². The quantitative estimate of drug-likeness (QED) is 0.808. The summed E-state index contributed by atoms with van der Waals surface area (Å²) in [5.74, 6) is 0.554. The second kappa shape index (κ2) is 5.71. The molecule has 0 aliphatic carbocycles. The molecule has 1 heterocycles. The van der Waals surface area contributed by atoms with E-state index in [9.17, 15) is 4.79 Å². The minimum Gasteiger partial charge on any atom is -0.444 e. The second-order valence-electron chi connectivity index (χ2n) is 5.88. The van der Waals surface area contributed by atoms with Crippen LogP contribution in [0.2, 0.25) is 0 Å². The Balaban J connectivity index is 2.39. The zero-order chi connectivity index (χ0) is 13.1. The van der Waals surface area contributed by atoms with Crippen LogP contribution in [0.1, 0.15) is 47.0 Å². The summed E-state index contributed by atoms with van der Waals surface area (Å²) >= 11 is 0. The monoisotopic (exact) mass is 242 g/mol. The van der Waals surface area contributed by atoms with Crippen molar-refractivity contribution in [2.75, 3.05) is 13.1 Å². The minimum absolute atomic E-state index is 0.194. The number of carbonyl (C=O) groups excluding carboxylic acids is 1. The highest BCUT2D eigenvalue weighted by Gasteiger charge is 2.28. The molecule has 4 nitrogen and oxygen atoms in total. The minimum atomic E-state index is -0.409. The molecule has 1 fully saturated rings. The number of ether oxygens (including phenoxy) is 1. The average molecular weight is 242 g/mol. The molecule has 1 amide bonds. The van der Waals surface area contributed by atoms with Crippen LogP contribution in [-0.4, -0.2) is 35.7 Å². The van der Waals surface area contributed by atoms with Gasteiger partial charge in [-0.2, -0.15) is 0 Å². The van der Waals surface area contributed by atoms with Crippen LogP contribution in [0.25, 0.3) is 0 Å². The number of piperidine rings is 1. The van der Waals surface area contributed by atoms with Crippen molar-refractivity contribution < 1.29 is 9.53 Å². The van der Waals surface area contributed by atoms with Gasteiger partial charge in [-0.1, -0.05) is 6.92 Å². The number of carbonyl (C=O) groups is 1. The molecule has 0 aromatic heterocycles. The van der Waals surface area contributed by atoms with Gasteiger partial charge >= 0.3 is 6.09 Å². The van der Waals surface area contributed by atoms with Crippen LogP contribution >= 0.6 is 0 Å². The molecule has 0 aromatic rings. The topological polar surface area (TPSA) is 55.6 Å². The van der Waals surface area contributed by atoms with Crippen molar-refractivity contribution in [3.05, 3.63) is 0 Å². The third-order valence-corrected chi connectivity index (χ3v) is 3.27. The summed E-state index contributed by atoms with van der Waals surface area (Å²) in [5, 5.41) is 0. The summed E-state index contributed by atoms with van der Waals surface area (Å²) < 4.78 is 5.35. The smallest absolute Gasteiger partial charge is 0.410 e. The van der Waals surface area contributed by atoms with E-state index in [4.69, 9.17) is 10.5 Å². The molecule has 0 aromatic carbocycles. The Bertz CT molecular complexity index is 253. The van der Waals surface area contributed by atoms with Crippen LogP contribution in [0.5, 0.6) is 0 Å². The van der Waals surface area contributed by atoms with Gasteiger partial charge in [0.15, 0.2) is 0 Å². The number of rotatable bonds is 2. The van der Waals surface area contributed by atoms with Gasteiger partial charge < -0.3 is 15.4 Å². The summed E-state index contributed by atoms with van der Waals surface area (Å²) in [7, 11) is 0. The number of amides is 1. The first kappa shape index (κ1) is 14.3. The highest BCUT2D eigenvalue weighted by Crippen LogP contribution is 2.22. The molecule has 17 heavy (non-hydrogen) atoms. The highest BCUT2D eigenvalue weighted by molar-refractivity contribution is 5.68. The van der Waals surface area contributed by atoms with Gasteiger partial charge in [0, 0.05) is 19.1 Å². The Hall–Kier alpha value is -0.770. The summed E-state index contributed by atoms with van der Waals surface area (Å²) in [4.78, 5) is 13.6. The highest BCUT2D eigenvalue weighted by atomic mass is 16.6. The van der Waals surface area contributed by atoms with Crippen molar-refractivity contribution in [1.29, 1.82) is 0 Å². The van der Waals surface area contributed by atoms with E-state index in [1.165, 1.54) is 0 Å². The van der Waals surface area contributed by atoms with E-state index >= 15 is 0 Å². The third-order valence-electron chi connectivity index (χ3n) is 3.27. The SMILES string of the molecule is CC[C@H](N)C1CCN(C(=O)OC(C)(C)C)CC1. The summed E-state index contributed by atoms with van der Waals surface area (Å²) in [6, 6.07) is 0.274. The molecule has 1 atom stereocenters. The van der Waals surface area contributed by atoms with Crippen LogP contribution in [0.3, 0.4) is 0 Å². The van der Waals surface area contributed by atoms with E-state index in [1.54, 1.807) is 4.90 Å². The fraction of sp³-hybridized carbons (Fsp3) is 0.923. The molecular formula is C13H26N2O2. The van der Waals surface area contributed by atoms with Crippen molar-refractivity contribution in [2.24, 2.45) is 11.7 Å². The van der Waals surface area contributed by atoms with Gasteiger partial charge in [0.05, 0.1) is 0 Å². The zero-order valence-corrected chi connectivity index (χ0v) is 11.5. The van der Waals surface area contributed by atoms with Crippen molar-refractivity contribution in [3.63, 3.8) is 0 Å². The van der Waals surface area contributed by atoms with Crippen LogP contribution in [-0.2, 0) is 4.74 Å². The molecule has 0 bridgehead atoms. The first-order valence-corrected chi connectivity index (χ1v) is 6.57. The molecule has 2 N–H and O–H groups in total. The van der Waals surface area contributed by atoms with Crippen molar-refractivity contribution >= 4 is 6.09 Å². The maximum atomic E-state index is 11.8. The Morgan fingerprint density at radius 1 is 1.41 bits per heavy atom. The summed E-state index contributed by atoms with van der Waals surface area (Å²) in [6.07, 6.45) is 2.81. The van der Waals surface area contributed by atoms with Gasteiger partial charge in [0.25, 0.3) is 0 Å². The van der Waals surface area contributed by atoms with Crippen molar-refractivity contribution in [3.8, 4) is 0 Å². The standard InChI is InChI=1S/C13H26N2O2/c1-5-11(14)10-6-8-15(9-7-10)12(16)17-13(2,3)4/h10-11H,5-9,14H2,1-4H3/t11-/m0/s1. The normalized spacial score (nSPS) is 20.2. The van der Waals surface area contributed by atoms with Gasteiger partial charge in [0.2, 0.25) is 0 Å². The third kappa shape index (κ3) is 4.54. The Morgan fingerprint density at radius 3 is 2.35 bits per heavy atom. The predicted octanol–water partition coefficient (Wildman–Crippen LogP) is 2.37. The first-order chi connectivity index (χ1) is 7.83. The molecule has 100 valence electrons. The van der Waals surface area contributed by atoms with Crippen LogP contribution < -0.4 is 5.73 Å². The molecular weight excluding hydrogens is 216 g/mol. The largest absolute Gasteiger partial charge is 0.444 e. The van der Waals surface area contributed by atoms with Crippen molar-refractivity contribution in [2.45, 2.75) is 58.6 Å². The maximum Gasteiger partial charge on any atom is 0.410 e. The van der Waals surface area contributed by atoms with Gasteiger partial charge in [-0.3, -0.25) is 0 Å². The van der Waals surface area contributed by atoms with Crippen LogP contribution in [0, 0.1) is 5.92 Å². The number of hydrogen-bond acceptors (Lipinski definition) is 3. The van der Waals surface area contributed by atoms with Gasteiger partial charge in [-0.25, -0.2) is 4.79 Å². The number of hydrogen-bond donors (Lipinski definition) is 1. The zero-order valence-electron chi connectivity index (χ0n) is 11.5. The average Bonchev–Trinajstić information content (AvgIpc) is 2.26. The fourth-order valence-corrected chi connectivity index (χ4v) is 2.17. The molecule has 1 saturated heterocycles. The Morgan fingerprint density at radius 2 is 1.94 bits per heavy atom. The van der Waals surface area contributed by atoms with E-state index in [0.717, 1.165) is 32.4 Å². The molecule has 1 aliphatic rings. The van der Waals surface area contributed by atoms with Gasteiger partial charge in [-0.15, -0.1) is 0 Å². The molecule has 0 spiro atoms. The molecule has 1 rings (SSSR count). The lowest BCUT2D eigenvalue weighted by Gasteiger charge is -2.35. The van der Waals surface area contributed by atoms with Gasteiger partial charge in [0.1, 0.15) is 5.60 Å². The first-order valence-electron chi connectivity index (χ1n) is 6.57. The lowest BCUT2D eigenvalue weighted by atomic mass is 9.89. The van der Waals surface area contributed by atoms with Crippen LogP contribution in [0.15, 0.2) is 0 Å². The maximum absolute atomic E-state index is 11.8. The number of likely N-dealkylation sites (tertiary alicyclic amines) is 1. The van der Waals surface area contributed by atoms with E-state index < -0.39 is 5.60 Å². The molecule has 1 aliphatic heterocycles.